The monoisotopic (exact) mass is 321 g/mol. The first kappa shape index (κ1) is 11.7. The van der Waals surface area contributed by atoms with Gasteiger partial charge in [-0.15, -0.1) is 0 Å². The van der Waals surface area contributed by atoms with Gasteiger partial charge < -0.3 is 5.73 Å². The minimum atomic E-state index is 0.551. The van der Waals surface area contributed by atoms with Crippen molar-refractivity contribution in [1.29, 1.82) is 0 Å². The molecular formula is C13H16BrN5. The Balaban J connectivity index is 1.61. The van der Waals surface area contributed by atoms with Crippen molar-refractivity contribution in [3.63, 3.8) is 0 Å². The van der Waals surface area contributed by atoms with Gasteiger partial charge in [0, 0.05) is 19.6 Å². The third kappa shape index (κ3) is 1.70. The molecule has 100 valence electrons. The van der Waals surface area contributed by atoms with Crippen LogP contribution in [0, 0.1) is 5.41 Å². The van der Waals surface area contributed by atoms with E-state index in [1.54, 1.807) is 0 Å². The Morgan fingerprint density at radius 2 is 2.16 bits per heavy atom. The standard InChI is InChI=1S/C13H16BrN5/c14-10-4-9(11-12(15)16-8-17-19(10)11)5-18-6-13(7-18)2-1-3-13/h4,8H,1-3,5-7H2,(H2,15,16,17). The van der Waals surface area contributed by atoms with E-state index in [9.17, 15) is 0 Å². The number of nitrogens with zero attached hydrogens (tertiary/aromatic N) is 4. The molecule has 19 heavy (non-hydrogen) atoms. The molecule has 1 aliphatic carbocycles. The predicted octanol–water partition coefficient (Wildman–Crippen LogP) is 2.06. The molecule has 5 nitrogen and oxygen atoms in total. The highest BCUT2D eigenvalue weighted by molar-refractivity contribution is 9.10. The van der Waals surface area contributed by atoms with Gasteiger partial charge in [-0.2, -0.15) is 5.10 Å². The Kier molecular flexibility index (Phi) is 2.41. The Hall–Kier alpha value is -1.14. The summed E-state index contributed by atoms with van der Waals surface area (Å²) in [5.41, 5.74) is 8.79. The number of rotatable bonds is 2. The third-order valence-electron chi connectivity index (χ3n) is 4.54. The molecule has 0 radical (unpaired) electrons. The molecule has 2 aliphatic rings. The topological polar surface area (TPSA) is 59.4 Å². The van der Waals surface area contributed by atoms with Crippen LogP contribution in [0.1, 0.15) is 24.8 Å². The Bertz CT molecular complexity index is 638. The molecule has 2 N–H and O–H groups in total. The Morgan fingerprint density at radius 3 is 2.84 bits per heavy atom. The van der Waals surface area contributed by atoms with Crippen LogP contribution in [0.25, 0.3) is 5.52 Å². The zero-order chi connectivity index (χ0) is 13.0. The van der Waals surface area contributed by atoms with E-state index in [1.165, 1.54) is 44.2 Å². The number of nitrogens with two attached hydrogens (primary N) is 1. The second kappa shape index (κ2) is 3.93. The zero-order valence-electron chi connectivity index (χ0n) is 10.6. The Labute approximate surface area is 119 Å². The van der Waals surface area contributed by atoms with E-state index in [0.29, 0.717) is 11.2 Å². The molecular weight excluding hydrogens is 306 g/mol. The summed E-state index contributed by atoms with van der Waals surface area (Å²) in [6.07, 6.45) is 5.73. The summed E-state index contributed by atoms with van der Waals surface area (Å²) in [5.74, 6) is 0.551. The largest absolute Gasteiger partial charge is 0.382 e. The minimum Gasteiger partial charge on any atom is -0.382 e. The molecule has 1 saturated carbocycles. The summed E-state index contributed by atoms with van der Waals surface area (Å²) < 4.78 is 2.75. The molecule has 0 amide bonds. The zero-order valence-corrected chi connectivity index (χ0v) is 12.2. The van der Waals surface area contributed by atoms with Gasteiger partial charge in [-0.3, -0.25) is 4.90 Å². The average Bonchev–Trinajstić information content (AvgIpc) is 2.59. The fourth-order valence-electron chi connectivity index (χ4n) is 3.47. The summed E-state index contributed by atoms with van der Waals surface area (Å²) in [4.78, 5) is 6.59. The molecule has 0 unspecified atom stereocenters. The molecule has 1 spiro atoms. The van der Waals surface area contributed by atoms with Gasteiger partial charge in [-0.1, -0.05) is 6.42 Å². The highest BCUT2D eigenvalue weighted by Gasteiger charge is 2.46. The van der Waals surface area contributed by atoms with Gasteiger partial charge in [0.05, 0.1) is 0 Å². The van der Waals surface area contributed by atoms with Crippen molar-refractivity contribution in [3.05, 3.63) is 22.6 Å². The van der Waals surface area contributed by atoms with Crippen molar-refractivity contribution in [2.45, 2.75) is 25.8 Å². The number of halogens is 1. The van der Waals surface area contributed by atoms with E-state index >= 15 is 0 Å². The lowest BCUT2D eigenvalue weighted by Gasteiger charge is -2.56. The van der Waals surface area contributed by atoms with Gasteiger partial charge in [-0.05, 0) is 45.8 Å². The molecule has 3 heterocycles. The lowest BCUT2D eigenvalue weighted by molar-refractivity contribution is -0.0643. The van der Waals surface area contributed by atoms with Gasteiger partial charge in [0.2, 0.25) is 0 Å². The Morgan fingerprint density at radius 1 is 1.37 bits per heavy atom. The number of fused-ring (bicyclic) bond motifs is 1. The van der Waals surface area contributed by atoms with E-state index in [4.69, 9.17) is 5.73 Å². The fraction of sp³-hybridized carbons (Fsp3) is 0.538. The van der Waals surface area contributed by atoms with Crippen molar-refractivity contribution in [2.24, 2.45) is 5.41 Å². The van der Waals surface area contributed by atoms with Gasteiger partial charge in [0.15, 0.2) is 5.82 Å². The van der Waals surface area contributed by atoms with Gasteiger partial charge in [-0.25, -0.2) is 9.50 Å². The minimum absolute atomic E-state index is 0.551. The van der Waals surface area contributed by atoms with Crippen molar-refractivity contribution >= 4 is 27.3 Å². The van der Waals surface area contributed by atoms with Crippen molar-refractivity contribution in [1.82, 2.24) is 19.5 Å². The molecule has 2 fully saturated rings. The number of hydrogen-bond donors (Lipinski definition) is 1. The molecule has 1 saturated heterocycles. The number of nitrogen functional groups attached to an aromatic ring is 1. The van der Waals surface area contributed by atoms with Gasteiger partial charge in [0.25, 0.3) is 0 Å². The van der Waals surface area contributed by atoms with Crippen LogP contribution in [0.15, 0.2) is 17.0 Å². The summed E-state index contributed by atoms with van der Waals surface area (Å²) in [6.45, 7) is 3.40. The lowest BCUT2D eigenvalue weighted by Crippen LogP contribution is -2.58. The van der Waals surface area contributed by atoms with Crippen LogP contribution in [0.4, 0.5) is 5.82 Å². The van der Waals surface area contributed by atoms with Crippen LogP contribution >= 0.6 is 15.9 Å². The SMILES string of the molecule is Nc1ncnn2c(Br)cc(CN3CC4(CCC4)C3)c12. The summed E-state index contributed by atoms with van der Waals surface area (Å²) in [7, 11) is 0. The van der Waals surface area contributed by atoms with E-state index in [2.05, 4.69) is 37.0 Å². The van der Waals surface area contributed by atoms with Crippen LogP contribution in [-0.2, 0) is 6.54 Å². The fourth-order valence-corrected chi connectivity index (χ4v) is 4.02. The number of aromatic nitrogens is 3. The normalized spacial score (nSPS) is 21.5. The number of hydrogen-bond acceptors (Lipinski definition) is 4. The van der Waals surface area contributed by atoms with Crippen LogP contribution in [-0.4, -0.2) is 32.6 Å². The molecule has 0 aromatic carbocycles. The second-order valence-corrected chi connectivity index (χ2v) is 6.71. The molecule has 4 rings (SSSR count). The van der Waals surface area contributed by atoms with Gasteiger partial charge >= 0.3 is 0 Å². The van der Waals surface area contributed by atoms with Crippen LogP contribution < -0.4 is 5.73 Å². The average molecular weight is 322 g/mol. The smallest absolute Gasteiger partial charge is 0.151 e. The molecule has 2 aromatic heterocycles. The summed E-state index contributed by atoms with van der Waals surface area (Å²) >= 11 is 3.53. The van der Waals surface area contributed by atoms with Crippen molar-refractivity contribution < 1.29 is 0 Å². The van der Waals surface area contributed by atoms with E-state index in [-0.39, 0.29) is 0 Å². The third-order valence-corrected chi connectivity index (χ3v) is 5.11. The molecule has 1 aliphatic heterocycles. The first-order valence-electron chi connectivity index (χ1n) is 6.66. The molecule has 0 bridgehead atoms. The molecule has 2 aromatic rings. The molecule has 0 atom stereocenters. The highest BCUT2D eigenvalue weighted by Crippen LogP contribution is 2.48. The summed E-state index contributed by atoms with van der Waals surface area (Å²) in [5, 5.41) is 4.23. The van der Waals surface area contributed by atoms with E-state index in [1.807, 2.05) is 4.52 Å². The predicted molar refractivity (Wildman–Crippen MR) is 76.7 cm³/mol. The van der Waals surface area contributed by atoms with Crippen molar-refractivity contribution in [3.8, 4) is 0 Å². The quantitative estimate of drug-likeness (QED) is 0.919. The van der Waals surface area contributed by atoms with Gasteiger partial charge in [0.1, 0.15) is 16.4 Å². The molecule has 6 heteroatoms. The maximum atomic E-state index is 5.98. The number of likely N-dealkylation sites (tertiary alicyclic amines) is 1. The first-order chi connectivity index (χ1) is 9.17. The van der Waals surface area contributed by atoms with Crippen LogP contribution in [0.3, 0.4) is 0 Å². The number of anilines is 1. The summed E-state index contributed by atoms with van der Waals surface area (Å²) in [6, 6.07) is 2.10. The van der Waals surface area contributed by atoms with Crippen LogP contribution in [0.2, 0.25) is 0 Å². The van der Waals surface area contributed by atoms with Crippen LogP contribution in [0.5, 0.6) is 0 Å². The lowest BCUT2D eigenvalue weighted by atomic mass is 9.63. The van der Waals surface area contributed by atoms with Crippen molar-refractivity contribution in [2.75, 3.05) is 18.8 Å². The maximum Gasteiger partial charge on any atom is 0.151 e. The second-order valence-electron chi connectivity index (χ2n) is 5.90. The maximum absolute atomic E-state index is 5.98. The first-order valence-corrected chi connectivity index (χ1v) is 7.45. The van der Waals surface area contributed by atoms with E-state index < -0.39 is 0 Å². The highest BCUT2D eigenvalue weighted by atomic mass is 79.9. The van der Waals surface area contributed by atoms with E-state index in [0.717, 1.165) is 16.7 Å².